The molecule has 0 N–H and O–H groups in total. The molecule has 0 saturated carbocycles. The molecule has 0 fully saturated rings. The lowest BCUT2D eigenvalue weighted by atomic mass is 9.68. The number of hydrogen-bond donors (Lipinski definition) is 0. The molecule has 0 unspecified atom stereocenters. The molecule has 0 nitrogen and oxygen atoms in total. The first kappa shape index (κ1) is 83.7. The van der Waals surface area contributed by atoms with Crippen LogP contribution in [0.15, 0.2) is 84.9 Å². The third-order valence-corrected chi connectivity index (χ3v) is 29.6. The molecule has 578 valence electrons. The van der Waals surface area contributed by atoms with Gasteiger partial charge in [0.25, 0.3) is 0 Å². The van der Waals surface area contributed by atoms with Crippen molar-refractivity contribution in [1.29, 1.82) is 0 Å². The minimum Gasteiger partial charge on any atom is -0.140 e. The number of rotatable bonds is 61. The zero-order valence-corrected chi connectivity index (χ0v) is 71.2. The Labute approximate surface area is 657 Å². The standard InChI is InChI=1S/C102H152S3/c1-7-11-15-19-23-27-31-35-39-43-47-51-55-59-71-101(72-60-56-52-48-44-40-36-32-28-24-20-16-12-8-2)92-79-91-93(78-90(92)99-94(101)76-82(6)103-99)102(73-61-57-53-49-45-41-37-33-29-25-21-17-13-9-3,74-62-58-54-50-46-42-38-34-30-26-22-18-14-10-4)95-80-96(104-100(91)95)85-66-68-87-84(77-85)65-70-89-88-69-64-83-75-81(5)63-67-86(83)97(88)105-98(87)89/h63-70,75-80H,7-62,71-74H2,1-6H3. The van der Waals surface area contributed by atoms with Crippen molar-refractivity contribution in [3.63, 3.8) is 0 Å². The van der Waals surface area contributed by atoms with Crippen LogP contribution in [-0.2, 0) is 10.8 Å². The van der Waals surface area contributed by atoms with Crippen LogP contribution < -0.4 is 0 Å². The smallest absolute Gasteiger partial charge is 0.0434 e. The number of fused-ring (bicyclic) bond motifs is 13. The summed E-state index contributed by atoms with van der Waals surface area (Å²) in [6.45, 7) is 14.0. The van der Waals surface area contributed by atoms with Crippen LogP contribution in [0, 0.1) is 13.8 Å². The molecule has 0 radical (unpaired) electrons. The molecule has 0 saturated heterocycles. The fourth-order valence-electron chi connectivity index (χ4n) is 19.7. The Morgan fingerprint density at radius 1 is 0.238 bits per heavy atom. The summed E-state index contributed by atoms with van der Waals surface area (Å²) in [7, 11) is 0. The average Bonchev–Trinajstić information content (AvgIpc) is 1.53. The van der Waals surface area contributed by atoms with Gasteiger partial charge in [0, 0.05) is 50.5 Å². The summed E-state index contributed by atoms with van der Waals surface area (Å²) in [6, 6.07) is 35.7. The van der Waals surface area contributed by atoms with Crippen LogP contribution >= 0.6 is 34.0 Å². The monoisotopic (exact) mass is 1470 g/mol. The molecule has 3 heterocycles. The van der Waals surface area contributed by atoms with Crippen LogP contribution in [0.1, 0.15) is 446 Å². The molecule has 0 spiro atoms. The fraction of sp³-hybridized carbons (Fsp3) is 0.667. The number of benzene rings is 5. The Hall–Kier alpha value is -3.76. The van der Waals surface area contributed by atoms with Crippen molar-refractivity contribution < 1.29 is 0 Å². The lowest BCUT2D eigenvalue weighted by Gasteiger charge is -2.34. The summed E-state index contributed by atoms with van der Waals surface area (Å²) >= 11 is 6.36. The Morgan fingerprint density at radius 2 is 0.524 bits per heavy atom. The van der Waals surface area contributed by atoms with Crippen LogP contribution in [0.25, 0.3) is 73.0 Å². The highest BCUT2D eigenvalue weighted by molar-refractivity contribution is 7.27. The summed E-state index contributed by atoms with van der Waals surface area (Å²) in [5.41, 5.74) is 13.1. The normalized spacial score (nSPS) is 13.6. The summed E-state index contributed by atoms with van der Waals surface area (Å²) < 4.78 is 2.87. The maximum atomic E-state index is 2.95. The molecular formula is C102H152S3. The highest BCUT2D eigenvalue weighted by atomic mass is 32.1. The van der Waals surface area contributed by atoms with Crippen LogP contribution in [0.2, 0.25) is 0 Å². The van der Waals surface area contributed by atoms with Gasteiger partial charge in [0.1, 0.15) is 0 Å². The molecule has 5 aromatic carbocycles. The van der Waals surface area contributed by atoms with Crippen molar-refractivity contribution >= 4 is 75.7 Å². The van der Waals surface area contributed by atoms with Crippen LogP contribution in [0.4, 0.5) is 0 Å². The van der Waals surface area contributed by atoms with E-state index in [0.29, 0.717) is 0 Å². The molecule has 3 heteroatoms. The number of unbranched alkanes of at least 4 members (excludes halogenated alkanes) is 52. The van der Waals surface area contributed by atoms with E-state index < -0.39 is 0 Å². The molecule has 0 bridgehead atoms. The van der Waals surface area contributed by atoms with Crippen molar-refractivity contribution in [1.82, 2.24) is 0 Å². The first-order valence-corrected chi connectivity index (χ1v) is 48.5. The molecule has 10 rings (SSSR count). The van der Waals surface area contributed by atoms with E-state index in [2.05, 4.69) is 149 Å². The van der Waals surface area contributed by atoms with Crippen molar-refractivity contribution in [2.45, 2.75) is 438 Å². The van der Waals surface area contributed by atoms with E-state index in [1.165, 1.54) is 448 Å². The molecule has 3 aromatic heterocycles. The van der Waals surface area contributed by atoms with E-state index in [4.69, 9.17) is 0 Å². The zero-order valence-electron chi connectivity index (χ0n) is 68.7. The lowest BCUT2D eigenvalue weighted by molar-refractivity contribution is 0.394. The maximum absolute atomic E-state index is 2.95. The van der Waals surface area contributed by atoms with Crippen LogP contribution in [0.3, 0.4) is 0 Å². The minimum atomic E-state index is 0.0328. The van der Waals surface area contributed by atoms with Gasteiger partial charge < -0.3 is 0 Å². The predicted octanol–water partition coefficient (Wildman–Crippen LogP) is 36.8. The fourth-order valence-corrected chi connectivity index (χ4v) is 23.4. The zero-order chi connectivity index (χ0) is 73.0. The molecular weight excluding hydrogens is 1320 g/mol. The summed E-state index contributed by atoms with van der Waals surface area (Å²) in [6.07, 6.45) is 84.6. The van der Waals surface area contributed by atoms with Crippen LogP contribution in [0.5, 0.6) is 0 Å². The van der Waals surface area contributed by atoms with Gasteiger partial charge in [0.2, 0.25) is 0 Å². The Morgan fingerprint density at radius 3 is 0.867 bits per heavy atom. The number of aryl methyl sites for hydroxylation is 2. The van der Waals surface area contributed by atoms with Gasteiger partial charge in [-0.1, -0.05) is 447 Å². The third-order valence-electron chi connectivity index (χ3n) is 26.0. The number of thiophene rings is 3. The first-order chi connectivity index (χ1) is 51.8. The Balaban J connectivity index is 0.938. The molecule has 2 aliphatic rings. The van der Waals surface area contributed by atoms with Gasteiger partial charge in [-0.25, -0.2) is 0 Å². The van der Waals surface area contributed by atoms with Gasteiger partial charge in [0.05, 0.1) is 0 Å². The summed E-state index contributed by atoms with van der Waals surface area (Å²) in [5.74, 6) is 0. The van der Waals surface area contributed by atoms with Crippen molar-refractivity contribution in [2.24, 2.45) is 0 Å². The maximum Gasteiger partial charge on any atom is 0.0434 e. The number of hydrogen-bond acceptors (Lipinski definition) is 3. The first-order valence-electron chi connectivity index (χ1n) is 46.1. The lowest BCUT2D eigenvalue weighted by Crippen LogP contribution is -2.27. The van der Waals surface area contributed by atoms with Gasteiger partial charge in [-0.2, -0.15) is 0 Å². The van der Waals surface area contributed by atoms with Gasteiger partial charge in [-0.3, -0.25) is 0 Å². The summed E-state index contributed by atoms with van der Waals surface area (Å²) in [4.78, 5) is 6.31. The SMILES string of the molecule is CCCCCCCCCCCCCCCCC1(CCCCCCCCCCCCCCCC)c2cc3c(cc2-c2sc(C)cc21)C(CCCCCCCCCCCCCCCC)(CCCCCCCCCCCCCCCC)c1cc(-c2ccc4c(ccc5c6ccc7cc(C)ccc7c6sc45)c2)sc1-3. The van der Waals surface area contributed by atoms with E-state index in [1.54, 1.807) is 43.1 Å². The highest BCUT2D eigenvalue weighted by Gasteiger charge is 2.49. The van der Waals surface area contributed by atoms with E-state index in [-0.39, 0.29) is 10.8 Å². The van der Waals surface area contributed by atoms with Gasteiger partial charge in [-0.15, -0.1) is 34.0 Å². The van der Waals surface area contributed by atoms with Gasteiger partial charge in [0.15, 0.2) is 0 Å². The molecule has 8 aromatic rings. The summed E-state index contributed by atoms with van der Waals surface area (Å²) in [5, 5.41) is 8.34. The van der Waals surface area contributed by atoms with Gasteiger partial charge >= 0.3 is 0 Å². The van der Waals surface area contributed by atoms with Crippen molar-refractivity contribution in [3.05, 3.63) is 118 Å². The van der Waals surface area contributed by atoms with E-state index >= 15 is 0 Å². The van der Waals surface area contributed by atoms with Crippen molar-refractivity contribution in [3.8, 4) is 31.3 Å². The molecule has 105 heavy (non-hydrogen) atoms. The largest absolute Gasteiger partial charge is 0.140 e. The second kappa shape index (κ2) is 46.8. The quantitative estimate of drug-likeness (QED) is 0.0333. The van der Waals surface area contributed by atoms with Gasteiger partial charge in [-0.05, 0) is 130 Å². The molecule has 0 atom stereocenters. The molecule has 0 aliphatic heterocycles. The predicted molar refractivity (Wildman–Crippen MR) is 477 cm³/mol. The van der Waals surface area contributed by atoms with E-state index in [1.807, 2.05) is 11.3 Å². The topological polar surface area (TPSA) is 0 Å². The van der Waals surface area contributed by atoms with E-state index in [9.17, 15) is 0 Å². The minimum absolute atomic E-state index is 0.0328. The third kappa shape index (κ3) is 24.1. The Kier molecular flexibility index (Phi) is 37.3. The van der Waals surface area contributed by atoms with Crippen molar-refractivity contribution in [2.75, 3.05) is 0 Å². The van der Waals surface area contributed by atoms with Crippen LogP contribution in [-0.4, -0.2) is 0 Å². The highest BCUT2D eigenvalue weighted by Crippen LogP contribution is 2.64. The second-order valence-corrected chi connectivity index (χ2v) is 37.9. The molecule has 2 aliphatic carbocycles. The van der Waals surface area contributed by atoms with E-state index in [0.717, 1.165) is 0 Å². The Bertz CT molecular complexity index is 3660. The second-order valence-electron chi connectivity index (χ2n) is 34.6. The molecule has 0 amide bonds. The average molecular weight is 1470 g/mol.